The standard InChI is InChI=1S/C12H22O4/c1-6-11(15-9(4)13)12(7-8(2)3)16-10(5)14/h8,11-12H,6-7H2,1-5H3. The summed E-state index contributed by atoms with van der Waals surface area (Å²) in [5, 5.41) is 0. The second kappa shape index (κ2) is 7.25. The summed E-state index contributed by atoms with van der Waals surface area (Å²) in [6.07, 6.45) is 0.658. The summed E-state index contributed by atoms with van der Waals surface area (Å²) in [6, 6.07) is 0. The van der Waals surface area contributed by atoms with Crippen LogP contribution in [-0.4, -0.2) is 24.1 Å². The van der Waals surface area contributed by atoms with E-state index in [9.17, 15) is 9.59 Å². The molecule has 2 atom stereocenters. The Labute approximate surface area is 97.3 Å². The van der Waals surface area contributed by atoms with E-state index in [0.717, 1.165) is 0 Å². The smallest absolute Gasteiger partial charge is 0.303 e. The van der Waals surface area contributed by atoms with E-state index in [1.165, 1.54) is 13.8 Å². The van der Waals surface area contributed by atoms with Crippen molar-refractivity contribution in [3.63, 3.8) is 0 Å². The second-order valence-corrected chi connectivity index (χ2v) is 4.33. The summed E-state index contributed by atoms with van der Waals surface area (Å²) in [7, 11) is 0. The molecule has 0 saturated heterocycles. The van der Waals surface area contributed by atoms with Gasteiger partial charge in [-0.2, -0.15) is 0 Å². The molecule has 94 valence electrons. The number of ether oxygens (including phenoxy) is 2. The van der Waals surface area contributed by atoms with Crippen molar-refractivity contribution in [3.05, 3.63) is 0 Å². The fourth-order valence-corrected chi connectivity index (χ4v) is 1.59. The Morgan fingerprint density at radius 3 is 1.75 bits per heavy atom. The molecule has 0 aromatic rings. The van der Waals surface area contributed by atoms with Crippen LogP contribution in [0.3, 0.4) is 0 Å². The summed E-state index contributed by atoms with van der Waals surface area (Å²) < 4.78 is 10.3. The van der Waals surface area contributed by atoms with Gasteiger partial charge in [0.2, 0.25) is 0 Å². The Bertz CT molecular complexity index is 235. The molecule has 0 amide bonds. The van der Waals surface area contributed by atoms with Gasteiger partial charge in [-0.3, -0.25) is 9.59 Å². The average Bonchev–Trinajstić information content (AvgIpc) is 2.11. The highest BCUT2D eigenvalue weighted by Gasteiger charge is 2.26. The van der Waals surface area contributed by atoms with Gasteiger partial charge in [0.05, 0.1) is 0 Å². The average molecular weight is 230 g/mol. The molecule has 4 nitrogen and oxygen atoms in total. The maximum absolute atomic E-state index is 11.0. The van der Waals surface area contributed by atoms with Crippen molar-refractivity contribution in [2.75, 3.05) is 0 Å². The van der Waals surface area contributed by atoms with E-state index in [4.69, 9.17) is 9.47 Å². The van der Waals surface area contributed by atoms with Crippen molar-refractivity contribution >= 4 is 11.9 Å². The molecule has 0 radical (unpaired) electrons. The Hall–Kier alpha value is -1.06. The third kappa shape index (κ3) is 6.43. The highest BCUT2D eigenvalue weighted by Crippen LogP contribution is 2.17. The van der Waals surface area contributed by atoms with Crippen LogP contribution in [-0.2, 0) is 19.1 Å². The van der Waals surface area contributed by atoms with Gasteiger partial charge in [0.15, 0.2) is 0 Å². The maximum Gasteiger partial charge on any atom is 0.303 e. The Kier molecular flexibility index (Phi) is 6.77. The third-order valence-corrected chi connectivity index (χ3v) is 2.16. The molecule has 0 aromatic heterocycles. The maximum atomic E-state index is 11.0. The van der Waals surface area contributed by atoms with E-state index in [2.05, 4.69) is 0 Å². The zero-order valence-electron chi connectivity index (χ0n) is 10.8. The van der Waals surface area contributed by atoms with Crippen molar-refractivity contribution in [1.82, 2.24) is 0 Å². The number of esters is 2. The lowest BCUT2D eigenvalue weighted by molar-refractivity contribution is -0.166. The second-order valence-electron chi connectivity index (χ2n) is 4.33. The predicted molar refractivity (Wildman–Crippen MR) is 60.9 cm³/mol. The molecule has 4 heteroatoms. The highest BCUT2D eigenvalue weighted by molar-refractivity contribution is 5.67. The van der Waals surface area contributed by atoms with Crippen LogP contribution < -0.4 is 0 Å². The number of hydrogen-bond donors (Lipinski definition) is 0. The molecule has 0 heterocycles. The topological polar surface area (TPSA) is 52.6 Å². The fourth-order valence-electron chi connectivity index (χ4n) is 1.59. The third-order valence-electron chi connectivity index (χ3n) is 2.16. The van der Waals surface area contributed by atoms with E-state index in [1.54, 1.807) is 0 Å². The van der Waals surface area contributed by atoms with Crippen molar-refractivity contribution in [3.8, 4) is 0 Å². The minimum atomic E-state index is -0.344. The summed E-state index contributed by atoms with van der Waals surface area (Å²) >= 11 is 0. The molecular weight excluding hydrogens is 208 g/mol. The molecule has 0 aromatic carbocycles. The molecule has 0 aliphatic heterocycles. The zero-order valence-corrected chi connectivity index (χ0v) is 10.8. The van der Waals surface area contributed by atoms with Crippen LogP contribution in [0.4, 0.5) is 0 Å². The van der Waals surface area contributed by atoms with E-state index >= 15 is 0 Å². The van der Waals surface area contributed by atoms with Crippen LogP contribution in [0.15, 0.2) is 0 Å². The number of carbonyl (C=O) groups excluding carboxylic acids is 2. The summed E-state index contributed by atoms with van der Waals surface area (Å²) in [6.45, 7) is 8.72. The van der Waals surface area contributed by atoms with Crippen LogP contribution in [0, 0.1) is 5.92 Å². The van der Waals surface area contributed by atoms with E-state index in [1.807, 2.05) is 20.8 Å². The van der Waals surface area contributed by atoms with Crippen LogP contribution in [0.1, 0.15) is 47.5 Å². The van der Waals surface area contributed by atoms with Gasteiger partial charge in [0.25, 0.3) is 0 Å². The molecule has 0 aliphatic carbocycles. The fraction of sp³-hybridized carbons (Fsp3) is 0.833. The van der Waals surface area contributed by atoms with E-state index in [0.29, 0.717) is 18.8 Å². The Balaban J connectivity index is 4.53. The molecule has 0 saturated carbocycles. The van der Waals surface area contributed by atoms with Crippen molar-refractivity contribution < 1.29 is 19.1 Å². The van der Waals surface area contributed by atoms with Crippen molar-refractivity contribution in [1.29, 1.82) is 0 Å². The Morgan fingerprint density at radius 1 is 1.00 bits per heavy atom. The van der Waals surface area contributed by atoms with Gasteiger partial charge < -0.3 is 9.47 Å². The monoisotopic (exact) mass is 230 g/mol. The minimum Gasteiger partial charge on any atom is -0.459 e. The van der Waals surface area contributed by atoms with Gasteiger partial charge in [-0.1, -0.05) is 20.8 Å². The highest BCUT2D eigenvalue weighted by atomic mass is 16.6. The quantitative estimate of drug-likeness (QED) is 0.657. The number of hydrogen-bond acceptors (Lipinski definition) is 4. The molecule has 0 aliphatic rings. The van der Waals surface area contributed by atoms with Gasteiger partial charge in [-0.15, -0.1) is 0 Å². The van der Waals surface area contributed by atoms with E-state index in [-0.39, 0.29) is 24.1 Å². The zero-order chi connectivity index (χ0) is 12.7. The molecule has 0 fully saturated rings. The predicted octanol–water partition coefficient (Wildman–Crippen LogP) is 2.31. The van der Waals surface area contributed by atoms with E-state index < -0.39 is 0 Å². The molecule has 0 bridgehead atoms. The van der Waals surface area contributed by atoms with Gasteiger partial charge in [0.1, 0.15) is 12.2 Å². The molecule has 2 unspecified atom stereocenters. The van der Waals surface area contributed by atoms with Crippen LogP contribution >= 0.6 is 0 Å². The van der Waals surface area contributed by atoms with Gasteiger partial charge in [0, 0.05) is 13.8 Å². The lowest BCUT2D eigenvalue weighted by atomic mass is 10.00. The van der Waals surface area contributed by atoms with Crippen LogP contribution in [0.5, 0.6) is 0 Å². The molecule has 0 spiro atoms. The summed E-state index contributed by atoms with van der Waals surface area (Å²) in [5.74, 6) is -0.294. The molecule has 0 rings (SSSR count). The first-order valence-corrected chi connectivity index (χ1v) is 5.71. The summed E-state index contributed by atoms with van der Waals surface area (Å²) in [4.78, 5) is 21.9. The van der Waals surface area contributed by atoms with Gasteiger partial charge >= 0.3 is 11.9 Å². The van der Waals surface area contributed by atoms with Crippen LogP contribution in [0.2, 0.25) is 0 Å². The summed E-state index contributed by atoms with van der Waals surface area (Å²) in [5.41, 5.74) is 0. The van der Waals surface area contributed by atoms with Crippen molar-refractivity contribution in [2.24, 2.45) is 5.92 Å². The first-order valence-electron chi connectivity index (χ1n) is 5.71. The first kappa shape index (κ1) is 14.9. The van der Waals surface area contributed by atoms with Crippen LogP contribution in [0.25, 0.3) is 0 Å². The Morgan fingerprint density at radius 2 is 1.44 bits per heavy atom. The van der Waals surface area contributed by atoms with Gasteiger partial charge in [-0.05, 0) is 18.8 Å². The number of carbonyl (C=O) groups is 2. The molecular formula is C12H22O4. The molecule has 16 heavy (non-hydrogen) atoms. The van der Waals surface area contributed by atoms with Gasteiger partial charge in [-0.25, -0.2) is 0 Å². The molecule has 0 N–H and O–H groups in total. The first-order chi connectivity index (χ1) is 7.36. The lowest BCUT2D eigenvalue weighted by Gasteiger charge is -2.26. The van der Waals surface area contributed by atoms with Crippen molar-refractivity contribution in [2.45, 2.75) is 59.7 Å². The normalized spacial score (nSPS) is 14.4. The largest absolute Gasteiger partial charge is 0.459 e. The SMILES string of the molecule is CCC(OC(C)=O)C(CC(C)C)OC(C)=O. The minimum absolute atomic E-state index is 0.337. The number of rotatable bonds is 6. The lowest BCUT2D eigenvalue weighted by Crippen LogP contribution is -2.35.